The van der Waals surface area contributed by atoms with Crippen LogP contribution in [0.25, 0.3) is 0 Å². The molecule has 1 atom stereocenters. The molecule has 3 N–H and O–H groups in total. The van der Waals surface area contributed by atoms with Gasteiger partial charge in [-0.25, -0.2) is 4.79 Å². The third kappa shape index (κ3) is 4.31. The van der Waals surface area contributed by atoms with E-state index in [0.717, 1.165) is 5.01 Å². The molecule has 1 unspecified atom stereocenters. The zero-order valence-electron chi connectivity index (χ0n) is 9.76. The monoisotopic (exact) mass is 274 g/mol. The quantitative estimate of drug-likeness (QED) is 0.803. The molecule has 0 saturated carbocycles. The summed E-state index contributed by atoms with van der Waals surface area (Å²) in [6.45, 7) is 5.63. The minimum absolute atomic E-state index is 0.0588. The van der Waals surface area contributed by atoms with Gasteiger partial charge in [-0.2, -0.15) is 0 Å². The summed E-state index contributed by atoms with van der Waals surface area (Å²) in [5.41, 5.74) is 4.92. The maximum absolute atomic E-state index is 11.7. The average molecular weight is 274 g/mol. The highest BCUT2D eigenvalue weighted by Gasteiger charge is 2.25. The minimum Gasteiger partial charge on any atom is -0.351 e. The van der Waals surface area contributed by atoms with Gasteiger partial charge in [0.1, 0.15) is 5.01 Å². The molecule has 0 aromatic carbocycles. The molecule has 0 aliphatic rings. The van der Waals surface area contributed by atoms with Gasteiger partial charge in [0.05, 0.1) is 5.25 Å². The number of carbonyl (C=O) groups is 2. The Bertz CT molecular complexity index is 419. The molecule has 8 heteroatoms. The van der Waals surface area contributed by atoms with Crippen molar-refractivity contribution in [2.75, 3.05) is 0 Å². The summed E-state index contributed by atoms with van der Waals surface area (Å²) >= 11 is 2.71. The molecule has 1 rings (SSSR count). The van der Waals surface area contributed by atoms with E-state index in [1.807, 2.05) is 20.8 Å². The van der Waals surface area contributed by atoms with Crippen LogP contribution in [0.3, 0.4) is 0 Å². The molecule has 94 valence electrons. The van der Waals surface area contributed by atoms with E-state index in [0.29, 0.717) is 4.34 Å². The number of amides is 3. The van der Waals surface area contributed by atoms with Crippen LogP contribution in [0.4, 0.5) is 4.79 Å². The second-order valence-corrected chi connectivity index (χ2v) is 6.29. The molecule has 0 spiro atoms. The number of nitrogens with two attached hydrogens (primary N) is 1. The number of thioether (sulfide) groups is 1. The van der Waals surface area contributed by atoms with Gasteiger partial charge >= 0.3 is 6.03 Å². The summed E-state index contributed by atoms with van der Waals surface area (Å²) in [6, 6.07) is -0.838. The smallest absolute Gasteiger partial charge is 0.318 e. The van der Waals surface area contributed by atoms with Gasteiger partial charge in [-0.15, -0.1) is 10.2 Å². The van der Waals surface area contributed by atoms with Gasteiger partial charge in [0.15, 0.2) is 4.34 Å². The Hall–Kier alpha value is -1.15. The lowest BCUT2D eigenvalue weighted by atomic mass is 10.1. The Morgan fingerprint density at radius 3 is 2.47 bits per heavy atom. The van der Waals surface area contributed by atoms with Crippen LogP contribution < -0.4 is 11.1 Å². The number of aromatic nitrogens is 2. The Labute approximate surface area is 107 Å². The molecule has 17 heavy (non-hydrogen) atoms. The number of nitrogens with zero attached hydrogens (tertiary/aromatic N) is 2. The fraction of sp³-hybridized carbons (Fsp3) is 0.556. The number of nitrogens with one attached hydrogen (secondary N) is 1. The number of carbonyl (C=O) groups excluding carboxylic acids is 2. The molecule has 0 aliphatic heterocycles. The topological polar surface area (TPSA) is 98.0 Å². The maximum atomic E-state index is 11.7. The lowest BCUT2D eigenvalue weighted by molar-refractivity contribution is -0.120. The predicted octanol–water partition coefficient (Wildman–Crippen LogP) is 1.16. The normalized spacial score (nSPS) is 12.5. The zero-order valence-corrected chi connectivity index (χ0v) is 11.4. The molecule has 0 bridgehead atoms. The van der Waals surface area contributed by atoms with Crippen molar-refractivity contribution >= 4 is 35.0 Å². The number of imide groups is 1. The Kier molecular flexibility index (Phi) is 4.88. The second kappa shape index (κ2) is 5.97. The number of urea groups is 1. The summed E-state index contributed by atoms with van der Waals surface area (Å²) in [4.78, 5) is 22.4. The molecular formula is C9H14N4O2S2. The van der Waals surface area contributed by atoms with E-state index in [9.17, 15) is 9.59 Å². The number of primary amides is 1. The van der Waals surface area contributed by atoms with Crippen LogP contribution in [0.15, 0.2) is 4.34 Å². The number of hydrogen-bond donors (Lipinski definition) is 2. The van der Waals surface area contributed by atoms with E-state index in [-0.39, 0.29) is 5.92 Å². The number of hydrogen-bond acceptors (Lipinski definition) is 6. The molecule has 1 heterocycles. The van der Waals surface area contributed by atoms with Crippen molar-refractivity contribution in [2.24, 2.45) is 11.7 Å². The molecule has 0 fully saturated rings. The molecule has 0 radical (unpaired) electrons. The summed E-state index contributed by atoms with van der Waals surface area (Å²) in [5.74, 6) is -0.339. The fourth-order valence-electron chi connectivity index (χ4n) is 1.12. The van der Waals surface area contributed by atoms with Crippen LogP contribution in [0.2, 0.25) is 0 Å². The van der Waals surface area contributed by atoms with Gasteiger partial charge in [0.25, 0.3) is 0 Å². The third-order valence-corrected chi connectivity index (χ3v) is 4.31. The van der Waals surface area contributed by atoms with Crippen molar-refractivity contribution in [1.82, 2.24) is 15.5 Å². The third-order valence-electron chi connectivity index (χ3n) is 1.85. The highest BCUT2D eigenvalue weighted by molar-refractivity contribution is 8.02. The highest BCUT2D eigenvalue weighted by atomic mass is 32.2. The van der Waals surface area contributed by atoms with Crippen LogP contribution in [0, 0.1) is 12.8 Å². The van der Waals surface area contributed by atoms with Crippen molar-refractivity contribution in [3.05, 3.63) is 5.01 Å². The molecular weight excluding hydrogens is 260 g/mol. The summed E-state index contributed by atoms with van der Waals surface area (Å²) < 4.78 is 0.709. The maximum Gasteiger partial charge on any atom is 0.318 e. The second-order valence-electron chi connectivity index (χ2n) is 3.72. The first kappa shape index (κ1) is 13.9. The zero-order chi connectivity index (χ0) is 13.0. The van der Waals surface area contributed by atoms with Crippen LogP contribution in [0.5, 0.6) is 0 Å². The van der Waals surface area contributed by atoms with Crippen molar-refractivity contribution in [3.8, 4) is 0 Å². The Morgan fingerprint density at radius 1 is 1.41 bits per heavy atom. The van der Waals surface area contributed by atoms with Gasteiger partial charge in [0.2, 0.25) is 5.91 Å². The predicted molar refractivity (Wildman–Crippen MR) is 66.9 cm³/mol. The molecule has 0 saturated heterocycles. The first-order valence-electron chi connectivity index (χ1n) is 4.97. The van der Waals surface area contributed by atoms with Gasteiger partial charge in [-0.1, -0.05) is 36.9 Å². The van der Waals surface area contributed by atoms with Crippen molar-refractivity contribution in [2.45, 2.75) is 30.4 Å². The number of rotatable bonds is 4. The molecule has 6 nitrogen and oxygen atoms in total. The van der Waals surface area contributed by atoms with E-state index in [2.05, 4.69) is 15.5 Å². The molecule has 1 aromatic rings. The van der Waals surface area contributed by atoms with Crippen LogP contribution in [0.1, 0.15) is 18.9 Å². The van der Waals surface area contributed by atoms with Gasteiger partial charge in [-0.3, -0.25) is 10.1 Å². The molecule has 1 aromatic heterocycles. The standard InChI is InChI=1S/C9H14N4O2S2/c1-4(2)6(7(14)11-8(10)15)17-9-13-12-5(3)16-9/h4,6H,1-3H3,(H3,10,11,14,15). The first-order chi connectivity index (χ1) is 7.90. The van der Waals surface area contributed by atoms with Crippen molar-refractivity contribution in [3.63, 3.8) is 0 Å². The van der Waals surface area contributed by atoms with E-state index in [1.54, 1.807) is 0 Å². The van der Waals surface area contributed by atoms with E-state index in [4.69, 9.17) is 5.73 Å². The SMILES string of the molecule is Cc1nnc(SC(C(=O)NC(N)=O)C(C)C)s1. The van der Waals surface area contributed by atoms with Crippen LogP contribution in [-0.2, 0) is 4.79 Å². The first-order valence-corrected chi connectivity index (χ1v) is 6.67. The highest BCUT2D eigenvalue weighted by Crippen LogP contribution is 2.30. The van der Waals surface area contributed by atoms with E-state index >= 15 is 0 Å². The summed E-state index contributed by atoms with van der Waals surface area (Å²) in [5, 5.41) is 10.3. The van der Waals surface area contributed by atoms with E-state index in [1.165, 1.54) is 23.1 Å². The van der Waals surface area contributed by atoms with Gasteiger partial charge in [-0.05, 0) is 12.8 Å². The van der Waals surface area contributed by atoms with Gasteiger partial charge in [0, 0.05) is 0 Å². The Morgan fingerprint density at radius 2 is 2.06 bits per heavy atom. The van der Waals surface area contributed by atoms with Crippen LogP contribution in [-0.4, -0.2) is 27.4 Å². The fourth-order valence-corrected chi connectivity index (χ4v) is 3.14. The largest absolute Gasteiger partial charge is 0.351 e. The van der Waals surface area contributed by atoms with Crippen LogP contribution >= 0.6 is 23.1 Å². The lowest BCUT2D eigenvalue weighted by Gasteiger charge is -2.16. The molecule has 3 amide bonds. The average Bonchev–Trinajstić information content (AvgIpc) is 2.58. The summed E-state index contributed by atoms with van der Waals surface area (Å²) in [7, 11) is 0. The lowest BCUT2D eigenvalue weighted by Crippen LogP contribution is -2.42. The van der Waals surface area contributed by atoms with Crippen molar-refractivity contribution in [1.29, 1.82) is 0 Å². The minimum atomic E-state index is -0.838. The van der Waals surface area contributed by atoms with Gasteiger partial charge < -0.3 is 5.73 Å². The summed E-state index contributed by atoms with van der Waals surface area (Å²) in [6.07, 6.45) is 0. The Balaban J connectivity index is 2.73. The number of aryl methyl sites for hydroxylation is 1. The van der Waals surface area contributed by atoms with Crippen molar-refractivity contribution < 1.29 is 9.59 Å². The van der Waals surface area contributed by atoms with E-state index < -0.39 is 17.2 Å². The molecule has 0 aliphatic carbocycles.